The van der Waals surface area contributed by atoms with Crippen LogP contribution in [0.5, 0.6) is 5.75 Å². The normalized spacial score (nSPS) is 11.4. The summed E-state index contributed by atoms with van der Waals surface area (Å²) in [4.78, 5) is 21.7. The number of rotatable bonds is 7. The number of carbonyl (C=O) groups excluding carboxylic acids is 1. The number of amides is 1. The molecule has 1 amide bonds. The third-order valence-corrected chi connectivity index (χ3v) is 3.39. The predicted molar refractivity (Wildman–Crippen MR) is 82.9 cm³/mol. The van der Waals surface area contributed by atoms with E-state index in [0.29, 0.717) is 0 Å². The highest BCUT2D eigenvalue weighted by Crippen LogP contribution is 2.25. The number of hydrazone groups is 1. The largest absolute Gasteiger partial charge is 0.477 e. The molecule has 25 heavy (non-hydrogen) atoms. The van der Waals surface area contributed by atoms with Gasteiger partial charge in [-0.15, -0.1) is 0 Å². The van der Waals surface area contributed by atoms with E-state index in [0.717, 1.165) is 12.3 Å². The van der Waals surface area contributed by atoms with Crippen molar-refractivity contribution in [2.24, 2.45) is 5.10 Å². The number of ether oxygens (including phenoxy) is 1. The number of hydrogen-bond acceptors (Lipinski definition) is 8. The second kappa shape index (κ2) is 7.55. The van der Waals surface area contributed by atoms with Crippen LogP contribution in [0.15, 0.2) is 51.0 Å². The first-order chi connectivity index (χ1) is 11.8. The van der Waals surface area contributed by atoms with Crippen LogP contribution in [0.4, 0.5) is 5.69 Å². The SMILES string of the molecule is O=C(COc1ccccc1[N+](=O)[O-])NN=Cc1ccc(S(=O)(=O)O)o1. The molecule has 0 radical (unpaired) electrons. The molecule has 12 heteroatoms. The minimum Gasteiger partial charge on any atom is -0.477 e. The van der Waals surface area contributed by atoms with Gasteiger partial charge in [-0.1, -0.05) is 12.1 Å². The summed E-state index contributed by atoms with van der Waals surface area (Å²) in [6.45, 7) is -0.531. The molecule has 0 atom stereocenters. The standard InChI is InChI=1S/C13H11N3O8S/c17-12(8-23-11-4-2-1-3-10(11)16(18)19)15-14-7-9-5-6-13(24-9)25(20,21)22/h1-7H,8H2,(H,15,17)(H,20,21,22). The number of nitro groups is 1. The first kappa shape index (κ1) is 18.1. The van der Waals surface area contributed by atoms with Gasteiger partial charge in [-0.2, -0.15) is 13.5 Å². The van der Waals surface area contributed by atoms with Gasteiger partial charge in [0, 0.05) is 6.07 Å². The van der Waals surface area contributed by atoms with Gasteiger partial charge in [-0.25, -0.2) is 5.43 Å². The van der Waals surface area contributed by atoms with Crippen LogP contribution < -0.4 is 10.2 Å². The highest BCUT2D eigenvalue weighted by molar-refractivity contribution is 7.85. The molecule has 1 heterocycles. The molecular weight excluding hydrogens is 358 g/mol. The molecule has 0 aliphatic carbocycles. The average molecular weight is 369 g/mol. The molecule has 2 rings (SSSR count). The first-order valence-electron chi connectivity index (χ1n) is 6.53. The van der Waals surface area contributed by atoms with E-state index in [4.69, 9.17) is 13.7 Å². The molecule has 1 aromatic carbocycles. The monoisotopic (exact) mass is 369 g/mol. The van der Waals surface area contributed by atoms with Crippen molar-refractivity contribution in [3.63, 3.8) is 0 Å². The first-order valence-corrected chi connectivity index (χ1v) is 7.97. The quantitative estimate of drug-likeness (QED) is 0.316. The van der Waals surface area contributed by atoms with Crippen molar-refractivity contribution in [1.29, 1.82) is 0 Å². The number of carbonyl (C=O) groups is 1. The van der Waals surface area contributed by atoms with Crippen molar-refractivity contribution < 1.29 is 31.8 Å². The molecule has 11 nitrogen and oxygen atoms in total. The van der Waals surface area contributed by atoms with Gasteiger partial charge in [0.25, 0.3) is 5.91 Å². The molecule has 0 aliphatic rings. The second-order valence-electron chi connectivity index (χ2n) is 4.44. The summed E-state index contributed by atoms with van der Waals surface area (Å²) >= 11 is 0. The summed E-state index contributed by atoms with van der Waals surface area (Å²) in [6, 6.07) is 7.77. The fraction of sp³-hybridized carbons (Fsp3) is 0.0769. The number of nitrogens with one attached hydrogen (secondary N) is 1. The Hall–Kier alpha value is -3.25. The third kappa shape index (κ3) is 5.12. The van der Waals surface area contributed by atoms with Crippen LogP contribution in [0.25, 0.3) is 0 Å². The lowest BCUT2D eigenvalue weighted by Crippen LogP contribution is -2.24. The van der Waals surface area contributed by atoms with Gasteiger partial charge in [0.15, 0.2) is 12.4 Å². The molecule has 0 fully saturated rings. The van der Waals surface area contributed by atoms with Gasteiger partial charge in [0.1, 0.15) is 5.76 Å². The summed E-state index contributed by atoms with van der Waals surface area (Å²) in [7, 11) is -4.46. The number of benzene rings is 1. The van der Waals surface area contributed by atoms with Gasteiger partial charge in [0.05, 0.1) is 11.1 Å². The molecule has 2 aromatic rings. The maximum atomic E-state index is 11.6. The van der Waals surface area contributed by atoms with E-state index in [-0.39, 0.29) is 17.2 Å². The minimum atomic E-state index is -4.46. The zero-order valence-corrected chi connectivity index (χ0v) is 13.2. The molecular formula is C13H11N3O8S. The summed E-state index contributed by atoms with van der Waals surface area (Å²) in [5, 5.41) is 13.6. The van der Waals surface area contributed by atoms with Crippen LogP contribution in [-0.2, 0) is 14.9 Å². The molecule has 0 unspecified atom stereocenters. The maximum Gasteiger partial charge on any atom is 0.328 e. The Labute approximate surface area is 140 Å². The van der Waals surface area contributed by atoms with E-state index in [1.807, 2.05) is 0 Å². The Morgan fingerprint density at radius 3 is 2.72 bits per heavy atom. The summed E-state index contributed by atoms with van der Waals surface area (Å²) in [6.07, 6.45) is 0.998. The number of furan rings is 1. The van der Waals surface area contributed by atoms with Crippen molar-refractivity contribution >= 4 is 27.9 Å². The van der Waals surface area contributed by atoms with Gasteiger partial charge < -0.3 is 9.15 Å². The molecule has 0 saturated heterocycles. The second-order valence-corrected chi connectivity index (χ2v) is 5.79. The van der Waals surface area contributed by atoms with E-state index in [1.165, 1.54) is 30.3 Å². The maximum absolute atomic E-state index is 11.6. The van der Waals surface area contributed by atoms with E-state index in [9.17, 15) is 23.3 Å². The number of hydrogen-bond donors (Lipinski definition) is 2. The lowest BCUT2D eigenvalue weighted by atomic mass is 10.3. The fourth-order valence-corrected chi connectivity index (χ4v) is 2.06. The number of nitrogens with zero attached hydrogens (tertiary/aromatic N) is 2. The molecule has 0 bridgehead atoms. The smallest absolute Gasteiger partial charge is 0.328 e. The average Bonchev–Trinajstić information content (AvgIpc) is 3.02. The van der Waals surface area contributed by atoms with Crippen molar-refractivity contribution in [1.82, 2.24) is 5.43 Å². The lowest BCUT2D eigenvalue weighted by molar-refractivity contribution is -0.385. The molecule has 1 aromatic heterocycles. The minimum absolute atomic E-state index is 0.0347. The Morgan fingerprint density at radius 1 is 1.36 bits per heavy atom. The van der Waals surface area contributed by atoms with Crippen molar-refractivity contribution in [3.8, 4) is 5.75 Å². The third-order valence-electron chi connectivity index (χ3n) is 2.66. The predicted octanol–water partition coefficient (Wildman–Crippen LogP) is 0.964. The van der Waals surface area contributed by atoms with Gasteiger partial charge in [-0.3, -0.25) is 19.5 Å². The highest BCUT2D eigenvalue weighted by Gasteiger charge is 2.15. The Morgan fingerprint density at radius 2 is 2.08 bits per heavy atom. The van der Waals surface area contributed by atoms with Gasteiger partial charge in [-0.05, 0) is 18.2 Å². The number of nitro benzene ring substituents is 1. The Balaban J connectivity index is 1.89. The Kier molecular flexibility index (Phi) is 5.46. The highest BCUT2D eigenvalue weighted by atomic mass is 32.2. The van der Waals surface area contributed by atoms with Crippen LogP contribution in [0.1, 0.15) is 5.76 Å². The van der Waals surface area contributed by atoms with Crippen LogP contribution >= 0.6 is 0 Å². The van der Waals surface area contributed by atoms with E-state index in [2.05, 4.69) is 10.5 Å². The molecule has 0 aliphatic heterocycles. The van der Waals surface area contributed by atoms with E-state index in [1.54, 1.807) is 0 Å². The molecule has 2 N–H and O–H groups in total. The van der Waals surface area contributed by atoms with Gasteiger partial charge in [0.2, 0.25) is 5.09 Å². The fourth-order valence-electron chi connectivity index (χ4n) is 1.62. The van der Waals surface area contributed by atoms with E-state index >= 15 is 0 Å². The van der Waals surface area contributed by atoms with Crippen molar-refractivity contribution in [2.75, 3.05) is 6.61 Å². The van der Waals surface area contributed by atoms with Crippen molar-refractivity contribution in [2.45, 2.75) is 5.09 Å². The number of para-hydroxylation sites is 2. The summed E-state index contributed by atoms with van der Waals surface area (Å²) in [5.41, 5.74) is 1.78. The van der Waals surface area contributed by atoms with Crippen molar-refractivity contribution in [3.05, 3.63) is 52.3 Å². The van der Waals surface area contributed by atoms with Crippen LogP contribution in [0.3, 0.4) is 0 Å². The van der Waals surface area contributed by atoms with Crippen LogP contribution in [-0.4, -0.2) is 36.6 Å². The molecule has 132 valence electrons. The van der Waals surface area contributed by atoms with Crippen LogP contribution in [0, 0.1) is 10.1 Å². The summed E-state index contributed by atoms with van der Waals surface area (Å²) < 4.78 is 40.2. The van der Waals surface area contributed by atoms with Gasteiger partial charge >= 0.3 is 15.8 Å². The van der Waals surface area contributed by atoms with E-state index < -0.39 is 32.6 Å². The van der Waals surface area contributed by atoms with Crippen LogP contribution in [0.2, 0.25) is 0 Å². The zero-order valence-electron chi connectivity index (χ0n) is 12.4. The molecule has 0 spiro atoms. The lowest BCUT2D eigenvalue weighted by Gasteiger charge is -2.05. The Bertz CT molecular complexity index is 919. The zero-order chi connectivity index (χ0) is 18.4. The molecule has 0 saturated carbocycles. The topological polar surface area (TPSA) is 161 Å². The summed E-state index contributed by atoms with van der Waals surface area (Å²) in [5.74, 6) is -0.820.